The summed E-state index contributed by atoms with van der Waals surface area (Å²) in [5.41, 5.74) is 3.97. The first-order chi connectivity index (χ1) is 15.3. The van der Waals surface area contributed by atoms with Crippen LogP contribution in [0.5, 0.6) is 5.75 Å². The van der Waals surface area contributed by atoms with E-state index >= 15 is 0 Å². The van der Waals surface area contributed by atoms with Gasteiger partial charge in [0.15, 0.2) is 0 Å². The van der Waals surface area contributed by atoms with Crippen molar-refractivity contribution >= 4 is 17.3 Å². The Hall–Kier alpha value is -1.91. The van der Waals surface area contributed by atoms with Gasteiger partial charge < -0.3 is 40.0 Å². The monoisotopic (exact) mass is 463 g/mol. The molecule has 9 heteroatoms. The number of hydrogen-bond donors (Lipinski definition) is 5. The van der Waals surface area contributed by atoms with E-state index in [9.17, 15) is 20.4 Å². The van der Waals surface area contributed by atoms with Gasteiger partial charge in [0.1, 0.15) is 36.8 Å². The second-order valence-corrected chi connectivity index (χ2v) is 9.00. The molecule has 3 aliphatic heterocycles. The SMILES string of the molecule is C[C@@H](O)[C@H]1O[C@]2(OCc3cc(Cl)c(Cc4ccc5c(c4)NCCO5)cc32)[C@H](O)[C@@H](O)[C@@H]1O. The highest BCUT2D eigenvalue weighted by atomic mass is 35.5. The Morgan fingerprint density at radius 2 is 2.00 bits per heavy atom. The molecule has 8 nitrogen and oxygen atoms in total. The maximum Gasteiger partial charge on any atom is 0.225 e. The molecule has 0 bridgehead atoms. The van der Waals surface area contributed by atoms with Gasteiger partial charge in [-0.2, -0.15) is 0 Å². The number of aliphatic hydroxyl groups excluding tert-OH is 4. The van der Waals surface area contributed by atoms with Gasteiger partial charge in [-0.3, -0.25) is 0 Å². The Morgan fingerprint density at radius 3 is 2.78 bits per heavy atom. The van der Waals surface area contributed by atoms with Gasteiger partial charge >= 0.3 is 0 Å². The summed E-state index contributed by atoms with van der Waals surface area (Å²) in [6, 6.07) is 9.48. The highest BCUT2D eigenvalue weighted by molar-refractivity contribution is 6.31. The van der Waals surface area contributed by atoms with Crippen LogP contribution < -0.4 is 10.1 Å². The molecule has 5 N–H and O–H groups in total. The van der Waals surface area contributed by atoms with Crippen LogP contribution >= 0.6 is 11.6 Å². The van der Waals surface area contributed by atoms with E-state index in [4.69, 9.17) is 25.8 Å². The lowest BCUT2D eigenvalue weighted by molar-refractivity contribution is -0.374. The van der Waals surface area contributed by atoms with E-state index in [2.05, 4.69) is 5.32 Å². The summed E-state index contributed by atoms with van der Waals surface area (Å²) in [5.74, 6) is -0.900. The highest BCUT2D eigenvalue weighted by Gasteiger charge is 2.59. The summed E-state index contributed by atoms with van der Waals surface area (Å²) in [6.45, 7) is 2.93. The lowest BCUT2D eigenvalue weighted by atomic mass is 9.85. The third kappa shape index (κ3) is 3.47. The topological polar surface area (TPSA) is 121 Å². The minimum atomic E-state index is -1.71. The third-order valence-electron chi connectivity index (χ3n) is 6.39. The fourth-order valence-electron chi connectivity index (χ4n) is 4.69. The van der Waals surface area contributed by atoms with Crippen LogP contribution in [-0.2, 0) is 28.3 Å². The van der Waals surface area contributed by atoms with Gasteiger partial charge in [0, 0.05) is 17.1 Å². The molecule has 2 aromatic rings. The molecular formula is C23H26ClNO7. The van der Waals surface area contributed by atoms with Crippen LogP contribution in [0.4, 0.5) is 5.69 Å². The zero-order valence-electron chi connectivity index (χ0n) is 17.5. The first-order valence-electron chi connectivity index (χ1n) is 10.7. The molecule has 1 fully saturated rings. The summed E-state index contributed by atoms with van der Waals surface area (Å²) in [5, 5.41) is 45.5. The van der Waals surface area contributed by atoms with Crippen molar-refractivity contribution in [1.29, 1.82) is 0 Å². The van der Waals surface area contributed by atoms with Crippen molar-refractivity contribution in [3.05, 3.63) is 57.6 Å². The second-order valence-electron chi connectivity index (χ2n) is 8.59. The number of anilines is 1. The predicted octanol–water partition coefficient (Wildman–Crippen LogP) is 1.28. The molecule has 0 unspecified atom stereocenters. The van der Waals surface area contributed by atoms with Crippen LogP contribution in [0.25, 0.3) is 0 Å². The number of ether oxygens (including phenoxy) is 3. The Balaban J connectivity index is 1.51. The molecule has 5 rings (SSSR count). The molecule has 172 valence electrons. The van der Waals surface area contributed by atoms with Crippen molar-refractivity contribution in [1.82, 2.24) is 0 Å². The largest absolute Gasteiger partial charge is 0.490 e. The number of rotatable bonds is 3. The Morgan fingerprint density at radius 1 is 1.19 bits per heavy atom. The third-order valence-corrected chi connectivity index (χ3v) is 6.74. The Bertz CT molecular complexity index is 1030. The summed E-state index contributed by atoms with van der Waals surface area (Å²) in [6.07, 6.45) is -6.27. The quantitative estimate of drug-likeness (QED) is 0.461. The number of benzene rings is 2. The molecule has 32 heavy (non-hydrogen) atoms. The summed E-state index contributed by atoms with van der Waals surface area (Å²) < 4.78 is 17.4. The number of aliphatic hydroxyl groups is 4. The average Bonchev–Trinajstić information content (AvgIpc) is 3.13. The van der Waals surface area contributed by atoms with Gasteiger partial charge in [-0.05, 0) is 54.3 Å². The van der Waals surface area contributed by atoms with Gasteiger partial charge in [0.2, 0.25) is 5.79 Å². The fraction of sp³-hybridized carbons (Fsp3) is 0.478. The van der Waals surface area contributed by atoms with Gasteiger partial charge in [-0.1, -0.05) is 17.7 Å². The van der Waals surface area contributed by atoms with Crippen LogP contribution in [-0.4, -0.2) is 64.1 Å². The highest BCUT2D eigenvalue weighted by Crippen LogP contribution is 2.47. The standard InChI is InChI=1S/C23H26ClNO7/c1-11(26)21-19(27)20(28)22(29)23(32-21)15-8-13(16(24)9-14(15)10-31-23)6-12-2-3-18-17(7-12)25-4-5-30-18/h2-3,7-9,11,19-22,25-29H,4-6,10H2,1H3/t11-,19+,20+,21-,22-,23+/m1/s1. The molecule has 0 saturated carbocycles. The fourth-order valence-corrected chi connectivity index (χ4v) is 4.95. The van der Waals surface area contributed by atoms with Gasteiger partial charge in [0.25, 0.3) is 0 Å². The zero-order valence-corrected chi connectivity index (χ0v) is 18.2. The summed E-state index contributed by atoms with van der Waals surface area (Å²) in [4.78, 5) is 0. The molecule has 0 radical (unpaired) electrons. The lowest BCUT2D eigenvalue weighted by Crippen LogP contribution is -2.64. The van der Waals surface area contributed by atoms with Crippen molar-refractivity contribution in [3.8, 4) is 5.75 Å². The predicted molar refractivity (Wildman–Crippen MR) is 116 cm³/mol. The molecular weight excluding hydrogens is 438 g/mol. The Kier molecular flexibility index (Phi) is 5.58. The first kappa shape index (κ1) is 21.9. The summed E-state index contributed by atoms with van der Waals surface area (Å²) in [7, 11) is 0. The van der Waals surface area contributed by atoms with Crippen molar-refractivity contribution < 1.29 is 34.6 Å². The molecule has 3 aliphatic rings. The molecule has 2 aromatic carbocycles. The number of halogens is 1. The lowest BCUT2D eigenvalue weighted by Gasteiger charge is -2.47. The molecule has 0 amide bonds. The van der Waals surface area contributed by atoms with Crippen LogP contribution in [0.2, 0.25) is 5.02 Å². The first-order valence-corrected chi connectivity index (χ1v) is 11.0. The van der Waals surface area contributed by atoms with Crippen LogP contribution in [0.1, 0.15) is 29.2 Å². The molecule has 0 aromatic heterocycles. The van der Waals surface area contributed by atoms with E-state index in [1.807, 2.05) is 18.2 Å². The molecule has 1 saturated heterocycles. The van der Waals surface area contributed by atoms with E-state index in [1.165, 1.54) is 6.92 Å². The maximum absolute atomic E-state index is 10.8. The Labute approximate surface area is 190 Å². The van der Waals surface area contributed by atoms with Crippen molar-refractivity contribution in [2.24, 2.45) is 0 Å². The van der Waals surface area contributed by atoms with Crippen molar-refractivity contribution in [2.45, 2.75) is 56.3 Å². The van der Waals surface area contributed by atoms with E-state index in [1.54, 1.807) is 12.1 Å². The average molecular weight is 464 g/mol. The van der Waals surface area contributed by atoms with Crippen LogP contribution in [0.3, 0.4) is 0 Å². The minimum absolute atomic E-state index is 0.113. The van der Waals surface area contributed by atoms with Gasteiger partial charge in [-0.15, -0.1) is 0 Å². The number of hydrogen-bond acceptors (Lipinski definition) is 8. The molecule has 6 atom stereocenters. The van der Waals surface area contributed by atoms with Gasteiger partial charge in [-0.25, -0.2) is 0 Å². The second kappa shape index (κ2) is 8.14. The van der Waals surface area contributed by atoms with E-state index in [0.717, 1.165) is 29.1 Å². The minimum Gasteiger partial charge on any atom is -0.490 e. The molecule has 0 aliphatic carbocycles. The van der Waals surface area contributed by atoms with E-state index in [0.29, 0.717) is 29.2 Å². The number of nitrogens with one attached hydrogen (secondary N) is 1. The molecule has 3 heterocycles. The number of fused-ring (bicyclic) bond motifs is 3. The van der Waals surface area contributed by atoms with Gasteiger partial charge in [0.05, 0.1) is 18.4 Å². The van der Waals surface area contributed by atoms with Crippen molar-refractivity contribution in [2.75, 3.05) is 18.5 Å². The zero-order chi connectivity index (χ0) is 22.6. The normalized spacial score (nSPS) is 32.1. The van der Waals surface area contributed by atoms with Crippen molar-refractivity contribution in [3.63, 3.8) is 0 Å². The molecule has 1 spiro atoms. The smallest absolute Gasteiger partial charge is 0.225 e. The van der Waals surface area contributed by atoms with Crippen LogP contribution in [0.15, 0.2) is 30.3 Å². The van der Waals surface area contributed by atoms with Crippen LogP contribution in [0, 0.1) is 0 Å². The van der Waals surface area contributed by atoms with E-state index < -0.39 is 36.3 Å². The summed E-state index contributed by atoms with van der Waals surface area (Å²) >= 11 is 6.57. The maximum atomic E-state index is 10.8. The van der Waals surface area contributed by atoms with E-state index in [-0.39, 0.29) is 6.61 Å².